The van der Waals surface area contributed by atoms with E-state index in [9.17, 15) is 0 Å². The van der Waals surface area contributed by atoms with Gasteiger partial charge in [0, 0.05) is 25.0 Å². The van der Waals surface area contributed by atoms with Crippen molar-refractivity contribution in [1.82, 2.24) is 15.5 Å². The lowest BCUT2D eigenvalue weighted by Crippen LogP contribution is -2.44. The van der Waals surface area contributed by atoms with Crippen LogP contribution in [0, 0.1) is 0 Å². The van der Waals surface area contributed by atoms with E-state index >= 15 is 0 Å². The van der Waals surface area contributed by atoms with Gasteiger partial charge in [0.05, 0.1) is 17.4 Å². The van der Waals surface area contributed by atoms with E-state index in [0.717, 1.165) is 18.6 Å². The zero-order valence-corrected chi connectivity index (χ0v) is 10.6. The number of fused-ring (bicyclic) bond motifs is 1. The van der Waals surface area contributed by atoms with E-state index in [1.54, 1.807) is 0 Å². The number of nitrogens with one attached hydrogen (secondary N) is 1. The van der Waals surface area contributed by atoms with E-state index in [4.69, 9.17) is 0 Å². The molecule has 1 fully saturated rings. The molecule has 0 aliphatic carbocycles. The summed E-state index contributed by atoms with van der Waals surface area (Å²) < 4.78 is 0. The zero-order chi connectivity index (χ0) is 12.4. The van der Waals surface area contributed by atoms with Gasteiger partial charge in [-0.3, -0.25) is 0 Å². The average Bonchev–Trinajstić information content (AvgIpc) is 2.47. The smallest absolute Gasteiger partial charge is 0.0950 e. The number of anilines is 1. The van der Waals surface area contributed by atoms with E-state index < -0.39 is 0 Å². The molecule has 94 valence electrons. The molecule has 3 rings (SSSR count). The van der Waals surface area contributed by atoms with Crippen molar-refractivity contribution in [2.75, 3.05) is 25.0 Å². The molecule has 1 N–H and O–H groups in total. The molecule has 0 radical (unpaired) electrons. The number of benzene rings is 1. The second-order valence-corrected chi connectivity index (χ2v) is 4.86. The topological polar surface area (TPSA) is 41.1 Å². The Kier molecular flexibility index (Phi) is 3.11. The number of rotatable bonds is 2. The second kappa shape index (κ2) is 4.90. The highest BCUT2D eigenvalue weighted by Crippen LogP contribution is 2.26. The molecule has 1 aliphatic heterocycles. The minimum absolute atomic E-state index is 0.548. The minimum atomic E-state index is 0.548. The third-order valence-corrected chi connectivity index (χ3v) is 3.72. The van der Waals surface area contributed by atoms with Crippen LogP contribution in [0.4, 0.5) is 5.69 Å². The molecule has 0 amide bonds. The van der Waals surface area contributed by atoms with Crippen LogP contribution in [-0.2, 0) is 0 Å². The molecule has 1 saturated heterocycles. The van der Waals surface area contributed by atoms with Gasteiger partial charge in [-0.15, -0.1) is 0 Å². The van der Waals surface area contributed by atoms with Gasteiger partial charge in [-0.2, -0.15) is 10.2 Å². The zero-order valence-electron chi connectivity index (χ0n) is 10.6. The van der Waals surface area contributed by atoms with Crippen molar-refractivity contribution in [1.29, 1.82) is 0 Å². The summed E-state index contributed by atoms with van der Waals surface area (Å²) in [5, 5.41) is 12.9. The molecule has 0 bridgehead atoms. The lowest BCUT2D eigenvalue weighted by Gasteiger charge is -2.33. The van der Waals surface area contributed by atoms with Crippen molar-refractivity contribution in [3.8, 4) is 0 Å². The average molecular weight is 242 g/mol. The van der Waals surface area contributed by atoms with Crippen LogP contribution in [0.5, 0.6) is 0 Å². The molecule has 1 aromatic carbocycles. The Morgan fingerprint density at radius 3 is 3.06 bits per heavy atom. The molecule has 4 nitrogen and oxygen atoms in total. The highest BCUT2D eigenvalue weighted by molar-refractivity contribution is 5.90. The third kappa shape index (κ3) is 2.04. The molecule has 1 aliphatic rings. The van der Waals surface area contributed by atoms with Crippen molar-refractivity contribution in [3.05, 3.63) is 30.5 Å². The number of hydrogen-bond donors (Lipinski definition) is 1. The van der Waals surface area contributed by atoms with E-state index in [1.807, 2.05) is 18.3 Å². The van der Waals surface area contributed by atoms with Gasteiger partial charge in [0.15, 0.2) is 0 Å². The quantitative estimate of drug-likeness (QED) is 0.872. The molecular formula is C14H18N4. The van der Waals surface area contributed by atoms with Gasteiger partial charge in [-0.05, 0) is 25.5 Å². The summed E-state index contributed by atoms with van der Waals surface area (Å²) >= 11 is 0. The van der Waals surface area contributed by atoms with Gasteiger partial charge < -0.3 is 10.2 Å². The van der Waals surface area contributed by atoms with Gasteiger partial charge in [-0.25, -0.2) is 0 Å². The molecular weight excluding hydrogens is 224 g/mol. The van der Waals surface area contributed by atoms with E-state index in [0.29, 0.717) is 6.04 Å². The monoisotopic (exact) mass is 242 g/mol. The molecule has 18 heavy (non-hydrogen) atoms. The number of hydrogen-bond acceptors (Lipinski definition) is 4. The fourth-order valence-electron chi connectivity index (χ4n) is 2.63. The first-order valence-electron chi connectivity index (χ1n) is 6.50. The Labute approximate surface area is 107 Å². The summed E-state index contributed by atoms with van der Waals surface area (Å²) in [4.78, 5) is 2.34. The van der Waals surface area contributed by atoms with E-state index in [1.165, 1.54) is 23.9 Å². The normalized spacial score (nSPS) is 19.9. The van der Waals surface area contributed by atoms with Crippen molar-refractivity contribution in [2.24, 2.45) is 0 Å². The minimum Gasteiger partial charge on any atom is -0.368 e. The van der Waals surface area contributed by atoms with Gasteiger partial charge in [0.25, 0.3) is 0 Å². The van der Waals surface area contributed by atoms with Crippen molar-refractivity contribution in [3.63, 3.8) is 0 Å². The predicted molar refractivity (Wildman–Crippen MR) is 73.8 cm³/mol. The van der Waals surface area contributed by atoms with Crippen LogP contribution in [0.25, 0.3) is 10.9 Å². The molecule has 2 aromatic rings. The Hall–Kier alpha value is -1.68. The second-order valence-electron chi connectivity index (χ2n) is 4.86. The number of likely N-dealkylation sites (N-methyl/N-ethyl adjacent to an activating group) is 1. The van der Waals surface area contributed by atoms with Crippen LogP contribution in [0.2, 0.25) is 0 Å². The highest BCUT2D eigenvalue weighted by Gasteiger charge is 2.19. The summed E-state index contributed by atoms with van der Waals surface area (Å²) in [5.74, 6) is 0. The summed E-state index contributed by atoms with van der Waals surface area (Å²) in [5.41, 5.74) is 2.14. The Morgan fingerprint density at radius 2 is 2.22 bits per heavy atom. The maximum Gasteiger partial charge on any atom is 0.0950 e. The van der Waals surface area contributed by atoms with Gasteiger partial charge in [0.2, 0.25) is 0 Å². The van der Waals surface area contributed by atoms with Gasteiger partial charge in [0.1, 0.15) is 0 Å². The highest BCUT2D eigenvalue weighted by atomic mass is 15.2. The third-order valence-electron chi connectivity index (χ3n) is 3.72. The SMILES string of the molecule is CN(c1cnnc2ccccc12)C1CCCNC1. The summed E-state index contributed by atoms with van der Waals surface area (Å²) in [7, 11) is 2.15. The summed E-state index contributed by atoms with van der Waals surface area (Å²) in [6.07, 6.45) is 4.35. The van der Waals surface area contributed by atoms with Crippen LogP contribution in [-0.4, -0.2) is 36.4 Å². The lowest BCUT2D eigenvalue weighted by molar-refractivity contribution is 0.445. The molecule has 0 saturated carbocycles. The first kappa shape index (κ1) is 11.4. The number of aromatic nitrogens is 2. The Bertz CT molecular complexity index is 529. The van der Waals surface area contributed by atoms with Crippen LogP contribution >= 0.6 is 0 Å². The van der Waals surface area contributed by atoms with Crippen molar-refractivity contribution < 1.29 is 0 Å². The van der Waals surface area contributed by atoms with E-state index in [2.05, 4.69) is 39.6 Å². The molecule has 4 heteroatoms. The largest absolute Gasteiger partial charge is 0.368 e. The maximum atomic E-state index is 4.18. The summed E-state index contributed by atoms with van der Waals surface area (Å²) in [6, 6.07) is 8.74. The van der Waals surface area contributed by atoms with Crippen LogP contribution in [0.15, 0.2) is 30.5 Å². The Morgan fingerprint density at radius 1 is 1.33 bits per heavy atom. The molecule has 2 heterocycles. The van der Waals surface area contributed by atoms with Crippen LogP contribution < -0.4 is 10.2 Å². The fraction of sp³-hybridized carbons (Fsp3) is 0.429. The lowest BCUT2D eigenvalue weighted by atomic mass is 10.1. The molecule has 1 unspecified atom stereocenters. The maximum absolute atomic E-state index is 4.18. The van der Waals surface area contributed by atoms with Crippen molar-refractivity contribution >= 4 is 16.6 Å². The first-order chi connectivity index (χ1) is 8.86. The van der Waals surface area contributed by atoms with Crippen LogP contribution in [0.3, 0.4) is 0 Å². The number of nitrogens with zero attached hydrogens (tertiary/aromatic N) is 3. The molecule has 0 spiro atoms. The van der Waals surface area contributed by atoms with Crippen molar-refractivity contribution in [2.45, 2.75) is 18.9 Å². The molecule has 1 aromatic heterocycles. The van der Waals surface area contributed by atoms with Gasteiger partial charge >= 0.3 is 0 Å². The first-order valence-corrected chi connectivity index (χ1v) is 6.50. The predicted octanol–water partition coefficient (Wildman–Crippen LogP) is 1.82. The van der Waals surface area contributed by atoms with E-state index in [-0.39, 0.29) is 0 Å². The van der Waals surface area contributed by atoms with Crippen LogP contribution in [0.1, 0.15) is 12.8 Å². The fourth-order valence-corrected chi connectivity index (χ4v) is 2.63. The molecule has 1 atom stereocenters. The van der Waals surface area contributed by atoms with Gasteiger partial charge in [-0.1, -0.05) is 18.2 Å². The summed E-state index contributed by atoms with van der Waals surface area (Å²) in [6.45, 7) is 2.19. The Balaban J connectivity index is 1.97. The standard InChI is InChI=1S/C14H18N4/c1-18(11-5-4-8-15-9-11)14-10-16-17-13-7-3-2-6-12(13)14/h2-3,6-7,10-11,15H,4-5,8-9H2,1H3. The number of piperidine rings is 1.